The molecule has 1 rings (SSSR count). The van der Waals surface area contributed by atoms with Gasteiger partial charge in [-0.2, -0.15) is 0 Å². The van der Waals surface area contributed by atoms with Crippen LogP contribution in [0.25, 0.3) is 0 Å². The van der Waals surface area contributed by atoms with E-state index in [0.29, 0.717) is 6.42 Å². The van der Waals surface area contributed by atoms with E-state index in [1.54, 1.807) is 0 Å². The molecule has 1 aliphatic heterocycles. The van der Waals surface area contributed by atoms with Gasteiger partial charge in [0.1, 0.15) is 12.7 Å². The Balaban J connectivity index is 2.34. The molecular weight excluding hydrogens is 256 g/mol. The van der Waals surface area contributed by atoms with E-state index in [9.17, 15) is 19.8 Å². The van der Waals surface area contributed by atoms with Gasteiger partial charge in [0.05, 0.1) is 0 Å². The molecule has 3 N–H and O–H groups in total. The predicted octanol–water partition coefficient (Wildman–Crippen LogP) is 0.724. The normalized spacial score (nSPS) is 20.3. The fourth-order valence-electron chi connectivity index (χ4n) is 1.58. The summed E-state index contributed by atoms with van der Waals surface area (Å²) in [6, 6.07) is 0. The van der Waals surface area contributed by atoms with Crippen molar-refractivity contribution >= 4 is 11.9 Å². The zero-order valence-electron chi connectivity index (χ0n) is 10.7. The maximum Gasteiger partial charge on any atom is 0.377 e. The Morgan fingerprint density at radius 3 is 2.63 bits per heavy atom. The van der Waals surface area contributed by atoms with E-state index in [4.69, 9.17) is 9.84 Å². The first-order valence-corrected chi connectivity index (χ1v) is 6.14. The highest BCUT2D eigenvalue weighted by Crippen LogP contribution is 2.21. The number of aliphatic hydroxyl groups excluding tert-OH is 3. The Labute approximate surface area is 110 Å². The average molecular weight is 274 g/mol. The van der Waals surface area contributed by atoms with Crippen molar-refractivity contribution in [3.05, 3.63) is 11.5 Å². The van der Waals surface area contributed by atoms with Crippen molar-refractivity contribution in [2.75, 3.05) is 6.61 Å². The smallest absolute Gasteiger partial charge is 0.377 e. The maximum atomic E-state index is 11.3. The molecule has 0 aliphatic carbocycles. The van der Waals surface area contributed by atoms with Crippen molar-refractivity contribution in [2.24, 2.45) is 0 Å². The minimum atomic E-state index is -1.41. The molecule has 0 aromatic rings. The maximum absolute atomic E-state index is 11.3. The van der Waals surface area contributed by atoms with Gasteiger partial charge in [-0.25, -0.2) is 4.79 Å². The summed E-state index contributed by atoms with van der Waals surface area (Å²) in [6.45, 7) is 1.59. The van der Waals surface area contributed by atoms with E-state index >= 15 is 0 Å². The largest absolute Gasteiger partial charge is 0.505 e. The van der Waals surface area contributed by atoms with Gasteiger partial charge in [-0.3, -0.25) is 4.79 Å². The minimum Gasteiger partial charge on any atom is -0.505 e. The molecule has 0 radical (unpaired) electrons. The second kappa shape index (κ2) is 6.98. The van der Waals surface area contributed by atoms with E-state index in [1.165, 1.54) is 0 Å². The first kappa shape index (κ1) is 15.3. The Bertz CT molecular complexity index is 374. The predicted molar refractivity (Wildman–Crippen MR) is 63.3 cm³/mol. The SMILES string of the molecule is CCCCCC(=O)OCC(O)C1OC(=O)C(O)=C1O. The fraction of sp³-hybridized carbons (Fsp3) is 0.667. The number of rotatable bonds is 7. The van der Waals surface area contributed by atoms with Crippen molar-refractivity contribution in [1.82, 2.24) is 0 Å². The second-order valence-corrected chi connectivity index (χ2v) is 4.27. The Morgan fingerprint density at radius 1 is 1.42 bits per heavy atom. The van der Waals surface area contributed by atoms with Crippen molar-refractivity contribution in [1.29, 1.82) is 0 Å². The standard InChI is InChI=1S/C12H18O7/c1-2-3-4-5-8(14)18-6-7(13)11-9(15)10(16)12(17)19-11/h7,11,13,15-16H,2-6H2,1H3. The Morgan fingerprint density at radius 2 is 2.11 bits per heavy atom. The average Bonchev–Trinajstić information content (AvgIpc) is 2.64. The molecular formula is C12H18O7. The summed E-state index contributed by atoms with van der Waals surface area (Å²) >= 11 is 0. The third kappa shape index (κ3) is 4.13. The second-order valence-electron chi connectivity index (χ2n) is 4.27. The molecule has 0 aromatic heterocycles. The highest BCUT2D eigenvalue weighted by atomic mass is 16.6. The van der Waals surface area contributed by atoms with Crippen LogP contribution in [0.15, 0.2) is 11.5 Å². The van der Waals surface area contributed by atoms with Gasteiger partial charge in [-0.15, -0.1) is 0 Å². The van der Waals surface area contributed by atoms with E-state index in [-0.39, 0.29) is 6.42 Å². The van der Waals surface area contributed by atoms with Gasteiger partial charge in [0.2, 0.25) is 5.76 Å². The Hall–Kier alpha value is -1.76. The summed E-state index contributed by atoms with van der Waals surface area (Å²) in [4.78, 5) is 22.2. The van der Waals surface area contributed by atoms with Gasteiger partial charge < -0.3 is 24.8 Å². The molecule has 2 unspecified atom stereocenters. The lowest BCUT2D eigenvalue weighted by atomic mass is 10.2. The van der Waals surface area contributed by atoms with Gasteiger partial charge in [0.15, 0.2) is 11.9 Å². The summed E-state index contributed by atoms with van der Waals surface area (Å²) in [6.07, 6.45) is 0.0364. The summed E-state index contributed by atoms with van der Waals surface area (Å²) in [5.74, 6) is -3.27. The van der Waals surface area contributed by atoms with Crippen LogP contribution in [0.3, 0.4) is 0 Å². The van der Waals surface area contributed by atoms with Gasteiger partial charge in [-0.05, 0) is 6.42 Å². The minimum absolute atomic E-state index is 0.248. The summed E-state index contributed by atoms with van der Waals surface area (Å²) in [7, 11) is 0. The number of hydrogen-bond acceptors (Lipinski definition) is 7. The third-order valence-electron chi connectivity index (χ3n) is 2.69. The molecule has 0 saturated carbocycles. The molecule has 0 amide bonds. The van der Waals surface area contributed by atoms with Crippen LogP contribution >= 0.6 is 0 Å². The molecule has 7 heteroatoms. The highest BCUT2D eigenvalue weighted by molar-refractivity contribution is 5.89. The van der Waals surface area contributed by atoms with Crippen LogP contribution < -0.4 is 0 Å². The number of carbonyl (C=O) groups is 2. The molecule has 0 bridgehead atoms. The first-order valence-electron chi connectivity index (χ1n) is 6.14. The number of cyclic esters (lactones) is 1. The molecule has 0 aromatic carbocycles. The summed E-state index contributed by atoms with van der Waals surface area (Å²) in [5, 5.41) is 28.0. The summed E-state index contributed by atoms with van der Waals surface area (Å²) in [5.41, 5.74) is 0. The summed E-state index contributed by atoms with van der Waals surface area (Å²) < 4.78 is 9.31. The van der Waals surface area contributed by atoms with Crippen molar-refractivity contribution in [3.63, 3.8) is 0 Å². The number of carbonyl (C=O) groups excluding carboxylic acids is 2. The van der Waals surface area contributed by atoms with Gasteiger partial charge in [0.25, 0.3) is 0 Å². The molecule has 1 heterocycles. The zero-order valence-corrected chi connectivity index (χ0v) is 10.7. The van der Waals surface area contributed by atoms with E-state index < -0.39 is 42.3 Å². The lowest BCUT2D eigenvalue weighted by Crippen LogP contribution is -2.33. The van der Waals surface area contributed by atoms with Crippen LogP contribution in [0.2, 0.25) is 0 Å². The lowest BCUT2D eigenvalue weighted by Gasteiger charge is -2.17. The van der Waals surface area contributed by atoms with Gasteiger partial charge >= 0.3 is 11.9 Å². The van der Waals surface area contributed by atoms with Crippen molar-refractivity contribution in [2.45, 2.75) is 44.8 Å². The lowest BCUT2D eigenvalue weighted by molar-refractivity contribution is -0.154. The van der Waals surface area contributed by atoms with Crippen LogP contribution in [-0.2, 0) is 19.1 Å². The van der Waals surface area contributed by atoms with E-state index in [1.807, 2.05) is 6.92 Å². The highest BCUT2D eigenvalue weighted by Gasteiger charge is 2.39. The van der Waals surface area contributed by atoms with E-state index in [0.717, 1.165) is 12.8 Å². The topological polar surface area (TPSA) is 113 Å². The molecule has 2 atom stereocenters. The van der Waals surface area contributed by atoms with Crippen LogP contribution in [0, 0.1) is 0 Å². The molecule has 0 fully saturated rings. The zero-order chi connectivity index (χ0) is 14.4. The third-order valence-corrected chi connectivity index (χ3v) is 2.69. The number of ether oxygens (including phenoxy) is 2. The van der Waals surface area contributed by atoms with Crippen LogP contribution in [0.5, 0.6) is 0 Å². The molecule has 1 aliphatic rings. The molecule has 0 spiro atoms. The number of hydrogen-bond donors (Lipinski definition) is 3. The van der Waals surface area contributed by atoms with Crippen molar-refractivity contribution in [3.8, 4) is 0 Å². The molecule has 19 heavy (non-hydrogen) atoms. The van der Waals surface area contributed by atoms with Gasteiger partial charge in [-0.1, -0.05) is 19.8 Å². The number of unbranched alkanes of at least 4 members (excludes halogenated alkanes) is 2. The molecule has 7 nitrogen and oxygen atoms in total. The van der Waals surface area contributed by atoms with Crippen molar-refractivity contribution < 1.29 is 34.4 Å². The monoisotopic (exact) mass is 274 g/mol. The van der Waals surface area contributed by atoms with Crippen LogP contribution in [-0.4, -0.2) is 46.1 Å². The quantitative estimate of drug-likeness (QED) is 0.463. The number of esters is 2. The number of aliphatic hydroxyl groups is 3. The van der Waals surface area contributed by atoms with Crippen LogP contribution in [0.1, 0.15) is 32.6 Å². The molecule has 108 valence electrons. The Kier molecular flexibility index (Phi) is 5.62. The first-order chi connectivity index (χ1) is 8.97. The van der Waals surface area contributed by atoms with Gasteiger partial charge in [0, 0.05) is 6.42 Å². The van der Waals surface area contributed by atoms with Crippen LogP contribution in [0.4, 0.5) is 0 Å². The van der Waals surface area contributed by atoms with E-state index in [2.05, 4.69) is 4.74 Å². The fourth-order valence-corrected chi connectivity index (χ4v) is 1.58. The molecule has 0 saturated heterocycles.